The summed E-state index contributed by atoms with van der Waals surface area (Å²) < 4.78 is 0. The highest BCUT2D eigenvalue weighted by Crippen LogP contribution is 2.10. The van der Waals surface area contributed by atoms with Crippen LogP contribution >= 0.6 is 58.0 Å². The maximum atomic E-state index is 5.61. The molecule has 0 aromatic heterocycles. The van der Waals surface area contributed by atoms with E-state index in [1.807, 2.05) is 78.9 Å². The lowest BCUT2D eigenvalue weighted by Crippen LogP contribution is -1.80. The number of alkyl halides is 5. The van der Waals surface area contributed by atoms with Crippen molar-refractivity contribution in [2.45, 2.75) is 29.4 Å². The average Bonchev–Trinajstić information content (AvgIpc) is 2.84. The number of hydrogen-bond acceptors (Lipinski definition) is 0. The van der Waals surface area contributed by atoms with Crippen molar-refractivity contribution in [2.75, 3.05) is 0 Å². The van der Waals surface area contributed by atoms with Crippen molar-refractivity contribution in [1.82, 2.24) is 0 Å². The summed E-state index contributed by atoms with van der Waals surface area (Å²) in [5, 5.41) is 0. The maximum absolute atomic E-state index is 5.61. The molecule has 3 aromatic carbocycles. The van der Waals surface area contributed by atoms with Gasteiger partial charge in [-0.25, -0.2) is 0 Å². The molecule has 30 heavy (non-hydrogen) atoms. The molecule has 0 N–H and O–H groups in total. The molecule has 0 unspecified atom stereocenters. The predicted octanol–water partition coefficient (Wildman–Crippen LogP) is 9.40. The van der Waals surface area contributed by atoms with E-state index in [4.69, 9.17) is 58.0 Å². The van der Waals surface area contributed by atoms with Crippen LogP contribution in [-0.4, -0.2) is 0 Å². The van der Waals surface area contributed by atoms with Crippen LogP contribution in [0.25, 0.3) is 6.08 Å². The van der Waals surface area contributed by atoms with Gasteiger partial charge in [0.25, 0.3) is 0 Å². The quantitative estimate of drug-likeness (QED) is 0.295. The summed E-state index contributed by atoms with van der Waals surface area (Å²) in [6, 6.07) is 23.9. The fraction of sp³-hybridized carbons (Fsp3) is 0.200. The highest BCUT2D eigenvalue weighted by Gasteiger charge is 1.92. The average molecular weight is 503 g/mol. The second-order valence-corrected chi connectivity index (χ2v) is 7.59. The van der Waals surface area contributed by atoms with E-state index in [9.17, 15) is 0 Å². The molecule has 0 nitrogen and oxygen atoms in total. The van der Waals surface area contributed by atoms with Crippen molar-refractivity contribution < 1.29 is 0 Å². The standard InChI is InChI=1S/C9H9Cl.2C8H8Cl2/c1-2-8-3-5-9(7-10)6-4-8;9-5-7-1-2-8(6-10)4-3-7;9-5-7-2-1-3-8(4-7)6-10/h2-6H,1,7H2;2*1-4H,5-6H2. The molecule has 0 atom stereocenters. The Morgan fingerprint density at radius 2 is 0.833 bits per heavy atom. The fourth-order valence-corrected chi connectivity index (χ4v) is 3.12. The Hall–Kier alpha value is -1.15. The minimum atomic E-state index is 0.560. The Bertz CT molecular complexity index is 800. The summed E-state index contributed by atoms with van der Waals surface area (Å²) in [5.41, 5.74) is 6.80. The van der Waals surface area contributed by atoms with Gasteiger partial charge < -0.3 is 0 Å². The summed E-state index contributed by atoms with van der Waals surface area (Å²) in [7, 11) is 0. The highest BCUT2D eigenvalue weighted by atomic mass is 35.5. The van der Waals surface area contributed by atoms with Crippen molar-refractivity contribution in [3.8, 4) is 0 Å². The number of rotatable bonds is 6. The monoisotopic (exact) mass is 500 g/mol. The van der Waals surface area contributed by atoms with Gasteiger partial charge in [-0.3, -0.25) is 0 Å². The van der Waals surface area contributed by atoms with Crippen LogP contribution in [0.1, 0.15) is 33.4 Å². The van der Waals surface area contributed by atoms with Crippen LogP contribution in [0.5, 0.6) is 0 Å². The van der Waals surface area contributed by atoms with Crippen LogP contribution in [0.3, 0.4) is 0 Å². The van der Waals surface area contributed by atoms with E-state index in [0.29, 0.717) is 29.4 Å². The van der Waals surface area contributed by atoms with Gasteiger partial charge in [0.2, 0.25) is 0 Å². The van der Waals surface area contributed by atoms with Gasteiger partial charge in [-0.15, -0.1) is 58.0 Å². The summed E-state index contributed by atoms with van der Waals surface area (Å²) >= 11 is 28.0. The summed E-state index contributed by atoms with van der Waals surface area (Å²) in [4.78, 5) is 0. The van der Waals surface area contributed by atoms with Crippen molar-refractivity contribution in [3.63, 3.8) is 0 Å². The van der Waals surface area contributed by atoms with Gasteiger partial charge in [0.1, 0.15) is 0 Å². The lowest BCUT2D eigenvalue weighted by atomic mass is 10.1. The van der Waals surface area contributed by atoms with E-state index in [1.165, 1.54) is 0 Å². The third-order valence-electron chi connectivity index (χ3n) is 4.00. The molecule has 5 heteroatoms. The van der Waals surface area contributed by atoms with Crippen LogP contribution in [0, 0.1) is 0 Å². The maximum Gasteiger partial charge on any atom is 0.0474 e. The van der Waals surface area contributed by atoms with E-state index in [-0.39, 0.29) is 0 Å². The Balaban J connectivity index is 0.000000225. The Labute approximate surface area is 205 Å². The minimum Gasteiger partial charge on any atom is -0.122 e. The predicted molar refractivity (Wildman–Crippen MR) is 137 cm³/mol. The molecule has 0 spiro atoms. The molecule has 3 aromatic rings. The lowest BCUT2D eigenvalue weighted by molar-refractivity contribution is 1.32. The number of halogens is 5. The van der Waals surface area contributed by atoms with Crippen LogP contribution < -0.4 is 0 Å². The lowest BCUT2D eigenvalue weighted by Gasteiger charge is -1.96. The van der Waals surface area contributed by atoms with Crippen LogP contribution in [0.4, 0.5) is 0 Å². The molecule has 0 aliphatic carbocycles. The van der Waals surface area contributed by atoms with Crippen molar-refractivity contribution >= 4 is 64.1 Å². The normalized spacial score (nSPS) is 9.63. The third-order valence-corrected chi connectivity index (χ3v) is 5.54. The molecule has 0 radical (unpaired) electrons. The molecule has 3 rings (SSSR count). The Morgan fingerprint density at radius 1 is 0.500 bits per heavy atom. The summed E-state index contributed by atoms with van der Waals surface area (Å²) in [6.45, 7) is 3.65. The van der Waals surface area contributed by atoms with Crippen LogP contribution in [-0.2, 0) is 29.4 Å². The highest BCUT2D eigenvalue weighted by molar-refractivity contribution is 6.18. The van der Waals surface area contributed by atoms with E-state index in [1.54, 1.807) is 0 Å². The van der Waals surface area contributed by atoms with Crippen molar-refractivity contribution in [2.24, 2.45) is 0 Å². The smallest absolute Gasteiger partial charge is 0.0474 e. The first-order chi connectivity index (χ1) is 14.6. The molecule has 0 fully saturated rings. The minimum absolute atomic E-state index is 0.560. The summed E-state index contributed by atoms with van der Waals surface area (Å²) in [5.74, 6) is 2.85. The van der Waals surface area contributed by atoms with E-state index in [2.05, 4.69) is 6.58 Å². The van der Waals surface area contributed by atoms with Crippen molar-refractivity contribution in [3.05, 3.63) is 113 Å². The zero-order chi connectivity index (χ0) is 22.2. The molecule has 0 saturated heterocycles. The summed E-state index contributed by atoms with van der Waals surface area (Å²) in [6.07, 6.45) is 1.82. The zero-order valence-electron chi connectivity index (χ0n) is 16.6. The topological polar surface area (TPSA) is 0 Å². The number of hydrogen-bond donors (Lipinski definition) is 0. The second kappa shape index (κ2) is 16.5. The fourth-order valence-electron chi connectivity index (χ4n) is 2.26. The van der Waals surface area contributed by atoms with E-state index < -0.39 is 0 Å². The van der Waals surface area contributed by atoms with Gasteiger partial charge in [0, 0.05) is 29.4 Å². The molecule has 0 saturated carbocycles. The van der Waals surface area contributed by atoms with Gasteiger partial charge in [-0.2, -0.15) is 0 Å². The Morgan fingerprint density at radius 3 is 1.13 bits per heavy atom. The first kappa shape index (κ1) is 26.9. The Kier molecular flexibility index (Phi) is 14.8. The first-order valence-electron chi connectivity index (χ1n) is 9.27. The SMILES string of the molecule is C=Cc1ccc(CCl)cc1.ClCc1ccc(CCl)cc1.ClCc1cccc(CCl)c1. The van der Waals surface area contributed by atoms with Crippen molar-refractivity contribution in [1.29, 1.82) is 0 Å². The van der Waals surface area contributed by atoms with Crippen LogP contribution in [0.2, 0.25) is 0 Å². The van der Waals surface area contributed by atoms with Gasteiger partial charge >= 0.3 is 0 Å². The molecule has 0 aliphatic rings. The molecule has 0 heterocycles. The van der Waals surface area contributed by atoms with Gasteiger partial charge in [-0.1, -0.05) is 85.5 Å². The zero-order valence-corrected chi connectivity index (χ0v) is 20.4. The van der Waals surface area contributed by atoms with E-state index in [0.717, 1.165) is 33.4 Å². The largest absolute Gasteiger partial charge is 0.122 e. The number of benzene rings is 3. The molecular weight excluding hydrogens is 478 g/mol. The van der Waals surface area contributed by atoms with Gasteiger partial charge in [-0.05, 0) is 33.4 Å². The third kappa shape index (κ3) is 10.8. The molecular formula is C25H25Cl5. The molecule has 0 amide bonds. The second-order valence-electron chi connectivity index (χ2n) is 6.25. The van der Waals surface area contributed by atoms with E-state index >= 15 is 0 Å². The molecule has 0 bridgehead atoms. The van der Waals surface area contributed by atoms with Crippen LogP contribution in [0.15, 0.2) is 79.4 Å². The van der Waals surface area contributed by atoms with Gasteiger partial charge in [0.15, 0.2) is 0 Å². The molecule has 0 aliphatic heterocycles. The first-order valence-corrected chi connectivity index (χ1v) is 11.9. The molecule has 160 valence electrons. The van der Waals surface area contributed by atoms with Gasteiger partial charge in [0.05, 0.1) is 0 Å².